The first-order chi connectivity index (χ1) is 10.2. The van der Waals surface area contributed by atoms with E-state index in [-0.39, 0.29) is 12.1 Å². The van der Waals surface area contributed by atoms with Crippen LogP contribution in [0.5, 0.6) is 0 Å². The second-order valence-electron chi connectivity index (χ2n) is 5.26. The van der Waals surface area contributed by atoms with E-state index in [4.69, 9.17) is 4.42 Å². The summed E-state index contributed by atoms with van der Waals surface area (Å²) in [5.74, 6) is 1.00. The van der Waals surface area contributed by atoms with Gasteiger partial charge < -0.3 is 15.1 Å². The molecule has 1 aliphatic rings. The monoisotopic (exact) mass is 305 g/mol. The normalized spacial score (nSPS) is 17.3. The number of carbonyl (C=O) groups is 1. The van der Waals surface area contributed by atoms with Gasteiger partial charge in [0.2, 0.25) is 0 Å². The van der Waals surface area contributed by atoms with E-state index in [1.54, 1.807) is 17.6 Å². The van der Waals surface area contributed by atoms with Gasteiger partial charge in [-0.15, -0.1) is 11.3 Å². The molecule has 0 spiro atoms. The van der Waals surface area contributed by atoms with Gasteiger partial charge in [0.25, 0.3) is 0 Å². The Hall–Kier alpha value is -1.82. The number of hydrogen-bond donors (Lipinski definition) is 2. The largest absolute Gasteiger partial charge is 0.469 e. The minimum Gasteiger partial charge on any atom is -0.469 e. The number of urea groups is 1. The van der Waals surface area contributed by atoms with Crippen molar-refractivity contribution in [1.82, 2.24) is 15.6 Å². The molecule has 1 aliphatic carbocycles. The summed E-state index contributed by atoms with van der Waals surface area (Å²) in [6.07, 6.45) is 7.31. The number of aryl methyl sites for hydroxylation is 2. The van der Waals surface area contributed by atoms with Crippen molar-refractivity contribution in [2.45, 2.75) is 38.6 Å². The Morgan fingerprint density at radius 2 is 2.48 bits per heavy atom. The standard InChI is InChI=1S/C15H19N3O2S/c1-10-9-17-14(21-10)5-7-16-15(19)18-12-3-2-4-13-11(12)6-8-20-13/h6,8-9,12H,2-5,7H2,1H3,(H2,16,18,19)/t12-/m0/s1. The second-order valence-corrected chi connectivity index (χ2v) is 6.58. The lowest BCUT2D eigenvalue weighted by molar-refractivity contribution is 0.235. The first-order valence-corrected chi connectivity index (χ1v) is 8.06. The molecule has 0 aliphatic heterocycles. The maximum absolute atomic E-state index is 12.0. The SMILES string of the molecule is Cc1cnc(CCNC(=O)N[C@H]2CCCc3occc32)s1. The summed E-state index contributed by atoms with van der Waals surface area (Å²) in [5, 5.41) is 6.98. The molecular weight excluding hydrogens is 286 g/mol. The summed E-state index contributed by atoms with van der Waals surface area (Å²) in [5.41, 5.74) is 1.12. The van der Waals surface area contributed by atoms with E-state index in [2.05, 4.69) is 15.6 Å². The molecular formula is C15H19N3O2S. The quantitative estimate of drug-likeness (QED) is 0.912. The summed E-state index contributed by atoms with van der Waals surface area (Å²) in [7, 11) is 0. The molecule has 2 aromatic heterocycles. The molecule has 21 heavy (non-hydrogen) atoms. The molecule has 1 atom stereocenters. The highest BCUT2D eigenvalue weighted by Crippen LogP contribution is 2.30. The second kappa shape index (κ2) is 6.30. The van der Waals surface area contributed by atoms with E-state index < -0.39 is 0 Å². The molecule has 112 valence electrons. The highest BCUT2D eigenvalue weighted by atomic mass is 32.1. The topological polar surface area (TPSA) is 67.2 Å². The van der Waals surface area contributed by atoms with Crippen LogP contribution < -0.4 is 10.6 Å². The number of rotatable bonds is 4. The Bertz CT molecular complexity index is 620. The van der Waals surface area contributed by atoms with Crippen molar-refractivity contribution in [3.8, 4) is 0 Å². The third kappa shape index (κ3) is 3.44. The molecule has 0 aromatic carbocycles. The van der Waals surface area contributed by atoms with Crippen molar-refractivity contribution in [2.24, 2.45) is 0 Å². The predicted molar refractivity (Wildman–Crippen MR) is 81.5 cm³/mol. The number of aromatic nitrogens is 1. The summed E-state index contributed by atoms with van der Waals surface area (Å²) in [6.45, 7) is 2.64. The predicted octanol–water partition coefficient (Wildman–Crippen LogP) is 2.96. The minimum atomic E-state index is -0.123. The van der Waals surface area contributed by atoms with Crippen molar-refractivity contribution >= 4 is 17.4 Å². The van der Waals surface area contributed by atoms with Gasteiger partial charge >= 0.3 is 6.03 Å². The number of nitrogens with one attached hydrogen (secondary N) is 2. The molecule has 0 saturated heterocycles. The smallest absolute Gasteiger partial charge is 0.315 e. The Morgan fingerprint density at radius 3 is 3.29 bits per heavy atom. The number of fused-ring (bicyclic) bond motifs is 1. The van der Waals surface area contributed by atoms with Crippen LogP contribution in [0.15, 0.2) is 22.9 Å². The fourth-order valence-electron chi connectivity index (χ4n) is 2.65. The molecule has 0 radical (unpaired) electrons. The molecule has 0 bridgehead atoms. The molecule has 2 heterocycles. The zero-order chi connectivity index (χ0) is 14.7. The van der Waals surface area contributed by atoms with Gasteiger partial charge in [0.05, 0.1) is 17.3 Å². The zero-order valence-electron chi connectivity index (χ0n) is 12.0. The van der Waals surface area contributed by atoms with Gasteiger partial charge in [0.1, 0.15) is 5.76 Å². The molecule has 2 N–H and O–H groups in total. The Morgan fingerprint density at radius 1 is 1.57 bits per heavy atom. The maximum atomic E-state index is 12.0. The van der Waals surface area contributed by atoms with E-state index in [0.29, 0.717) is 6.54 Å². The third-order valence-electron chi connectivity index (χ3n) is 3.65. The number of hydrogen-bond acceptors (Lipinski definition) is 4. The Labute approximate surface area is 127 Å². The van der Waals surface area contributed by atoms with Gasteiger partial charge in [-0.2, -0.15) is 0 Å². The number of carbonyl (C=O) groups excluding carboxylic acids is 1. The van der Waals surface area contributed by atoms with Crippen LogP contribution in [-0.4, -0.2) is 17.6 Å². The lowest BCUT2D eigenvalue weighted by Gasteiger charge is -2.22. The number of amides is 2. The van der Waals surface area contributed by atoms with Crippen LogP contribution in [0.4, 0.5) is 4.79 Å². The molecule has 2 amide bonds. The van der Waals surface area contributed by atoms with Gasteiger partial charge in [0.15, 0.2) is 0 Å². The number of nitrogens with zero attached hydrogens (tertiary/aromatic N) is 1. The highest BCUT2D eigenvalue weighted by Gasteiger charge is 2.23. The zero-order valence-corrected chi connectivity index (χ0v) is 12.8. The summed E-state index contributed by atoms with van der Waals surface area (Å²) in [4.78, 5) is 17.5. The molecule has 6 heteroatoms. The van der Waals surface area contributed by atoms with Crippen LogP contribution in [0.2, 0.25) is 0 Å². The average molecular weight is 305 g/mol. The van der Waals surface area contributed by atoms with Crippen molar-refractivity contribution in [2.75, 3.05) is 6.54 Å². The van der Waals surface area contributed by atoms with E-state index in [0.717, 1.165) is 42.0 Å². The van der Waals surface area contributed by atoms with Gasteiger partial charge in [-0.3, -0.25) is 0 Å². The van der Waals surface area contributed by atoms with Gasteiger partial charge in [-0.05, 0) is 25.8 Å². The van der Waals surface area contributed by atoms with Crippen LogP contribution in [0, 0.1) is 6.92 Å². The fourth-order valence-corrected chi connectivity index (χ4v) is 3.43. The lowest BCUT2D eigenvalue weighted by Crippen LogP contribution is -2.39. The van der Waals surface area contributed by atoms with Gasteiger partial charge in [0, 0.05) is 36.0 Å². The van der Waals surface area contributed by atoms with Crippen LogP contribution in [0.1, 0.15) is 40.1 Å². The van der Waals surface area contributed by atoms with E-state index in [9.17, 15) is 4.79 Å². The van der Waals surface area contributed by atoms with Crippen molar-refractivity contribution in [1.29, 1.82) is 0 Å². The Balaban J connectivity index is 1.47. The van der Waals surface area contributed by atoms with Crippen LogP contribution >= 0.6 is 11.3 Å². The van der Waals surface area contributed by atoms with Crippen LogP contribution in [0.25, 0.3) is 0 Å². The summed E-state index contributed by atoms with van der Waals surface area (Å²) < 4.78 is 5.43. The minimum absolute atomic E-state index is 0.0645. The summed E-state index contributed by atoms with van der Waals surface area (Å²) in [6, 6.07) is 1.90. The lowest BCUT2D eigenvalue weighted by atomic mass is 9.93. The summed E-state index contributed by atoms with van der Waals surface area (Å²) >= 11 is 1.67. The third-order valence-corrected chi connectivity index (χ3v) is 4.62. The Kier molecular flexibility index (Phi) is 4.24. The first-order valence-electron chi connectivity index (χ1n) is 7.24. The van der Waals surface area contributed by atoms with E-state index in [1.807, 2.05) is 19.2 Å². The van der Waals surface area contributed by atoms with Crippen molar-refractivity contribution in [3.63, 3.8) is 0 Å². The number of furan rings is 1. The van der Waals surface area contributed by atoms with Crippen LogP contribution in [-0.2, 0) is 12.8 Å². The van der Waals surface area contributed by atoms with Gasteiger partial charge in [-0.25, -0.2) is 9.78 Å². The van der Waals surface area contributed by atoms with Crippen LogP contribution in [0.3, 0.4) is 0 Å². The number of thiazole rings is 1. The highest BCUT2D eigenvalue weighted by molar-refractivity contribution is 7.11. The van der Waals surface area contributed by atoms with Crippen molar-refractivity contribution < 1.29 is 9.21 Å². The molecule has 0 fully saturated rings. The molecule has 0 saturated carbocycles. The van der Waals surface area contributed by atoms with Gasteiger partial charge in [-0.1, -0.05) is 0 Å². The molecule has 2 aromatic rings. The molecule has 3 rings (SSSR count). The first kappa shape index (κ1) is 14.1. The van der Waals surface area contributed by atoms with Crippen molar-refractivity contribution in [3.05, 3.63) is 39.7 Å². The maximum Gasteiger partial charge on any atom is 0.315 e. The fraction of sp³-hybridized carbons (Fsp3) is 0.467. The van der Waals surface area contributed by atoms with E-state index >= 15 is 0 Å². The molecule has 0 unspecified atom stereocenters. The molecule has 5 nitrogen and oxygen atoms in total. The average Bonchev–Trinajstić information content (AvgIpc) is 3.08. The van der Waals surface area contributed by atoms with E-state index in [1.165, 1.54) is 4.88 Å².